The summed E-state index contributed by atoms with van der Waals surface area (Å²) in [6.07, 6.45) is 2.03. The van der Waals surface area contributed by atoms with Gasteiger partial charge in [-0.3, -0.25) is 4.72 Å². The second-order valence-electron chi connectivity index (χ2n) is 6.54. The zero-order valence-electron chi connectivity index (χ0n) is 17.3. The van der Waals surface area contributed by atoms with Crippen LogP contribution in [-0.2, 0) is 29.3 Å². The van der Waals surface area contributed by atoms with Gasteiger partial charge in [-0.1, -0.05) is 32.9 Å². The first-order valence-electron chi connectivity index (χ1n) is 9.35. The van der Waals surface area contributed by atoms with Gasteiger partial charge in [-0.2, -0.15) is 0 Å². The molecule has 2 aromatic carbocycles. The molecule has 2 N–H and O–H groups in total. The third-order valence-electron chi connectivity index (χ3n) is 4.87. The Labute approximate surface area is 167 Å². The van der Waals surface area contributed by atoms with E-state index in [4.69, 9.17) is 9.47 Å². The average Bonchev–Trinajstić information content (AvgIpc) is 2.69. The molecule has 2 aromatic rings. The normalized spacial score (nSPS) is 11.4. The molecule has 0 bridgehead atoms. The summed E-state index contributed by atoms with van der Waals surface area (Å²) >= 11 is 0. The minimum absolute atomic E-state index is 0.0348. The Balaban J connectivity index is 2.70. The lowest BCUT2D eigenvalue weighted by atomic mass is 10.0. The Morgan fingerprint density at radius 3 is 1.96 bits per heavy atom. The van der Waals surface area contributed by atoms with Crippen molar-refractivity contribution in [1.29, 1.82) is 0 Å². The monoisotopic (exact) mass is 407 g/mol. The molecule has 0 saturated carbocycles. The number of aromatic hydroxyl groups is 1. The number of sulfonamides is 1. The van der Waals surface area contributed by atoms with Gasteiger partial charge in [0, 0.05) is 11.6 Å². The predicted molar refractivity (Wildman–Crippen MR) is 111 cm³/mol. The summed E-state index contributed by atoms with van der Waals surface area (Å²) in [4.78, 5) is 0.296. The minimum Gasteiger partial charge on any atom is -0.507 e. The van der Waals surface area contributed by atoms with Crippen LogP contribution in [0.3, 0.4) is 0 Å². The van der Waals surface area contributed by atoms with Crippen LogP contribution in [0, 0.1) is 6.92 Å². The predicted octanol–water partition coefficient (Wildman–Crippen LogP) is 4.21. The van der Waals surface area contributed by atoms with E-state index in [1.165, 1.54) is 20.3 Å². The number of ether oxygens (including phenoxy) is 2. The topological polar surface area (TPSA) is 84.9 Å². The van der Waals surface area contributed by atoms with E-state index in [2.05, 4.69) is 11.6 Å². The standard InChI is InChI=1S/C21H29NO5S/c1-7-14-10-15(8-2)21(16(9-3)11-14)28(24,25)22-19-18(26-5)12-17(23)13(4)20(19)27-6/h10-12,22-23H,7-9H2,1-6H3. The number of hydrogen-bond acceptors (Lipinski definition) is 5. The second-order valence-corrected chi connectivity index (χ2v) is 8.16. The summed E-state index contributed by atoms with van der Waals surface area (Å²) in [5.74, 6) is 0.374. The fourth-order valence-corrected chi connectivity index (χ4v) is 4.98. The van der Waals surface area contributed by atoms with Gasteiger partial charge >= 0.3 is 0 Å². The number of phenolic OH excluding ortho intramolecular Hbond substituents is 1. The van der Waals surface area contributed by atoms with Gasteiger partial charge in [-0.05, 0) is 42.9 Å². The molecule has 0 aliphatic carbocycles. The van der Waals surface area contributed by atoms with Gasteiger partial charge in [0.2, 0.25) is 0 Å². The molecule has 6 nitrogen and oxygen atoms in total. The van der Waals surface area contributed by atoms with E-state index in [1.807, 2.05) is 26.0 Å². The van der Waals surface area contributed by atoms with Crippen LogP contribution in [-0.4, -0.2) is 27.7 Å². The maximum Gasteiger partial charge on any atom is 0.262 e. The van der Waals surface area contributed by atoms with Gasteiger partial charge in [-0.15, -0.1) is 0 Å². The average molecular weight is 408 g/mol. The number of nitrogens with one attached hydrogen (secondary N) is 1. The lowest BCUT2D eigenvalue weighted by Crippen LogP contribution is -2.19. The van der Waals surface area contributed by atoms with Crippen LogP contribution >= 0.6 is 0 Å². The fourth-order valence-electron chi connectivity index (χ4n) is 3.32. The number of benzene rings is 2. The van der Waals surface area contributed by atoms with Crippen LogP contribution in [0.15, 0.2) is 23.1 Å². The van der Waals surface area contributed by atoms with Gasteiger partial charge in [0.15, 0.2) is 5.75 Å². The van der Waals surface area contributed by atoms with Crippen molar-refractivity contribution in [2.75, 3.05) is 18.9 Å². The number of hydrogen-bond donors (Lipinski definition) is 2. The van der Waals surface area contributed by atoms with E-state index < -0.39 is 10.0 Å². The number of methoxy groups -OCH3 is 2. The van der Waals surface area contributed by atoms with Crippen molar-refractivity contribution >= 4 is 15.7 Å². The first kappa shape index (κ1) is 21.9. The van der Waals surface area contributed by atoms with Crippen LogP contribution < -0.4 is 14.2 Å². The van der Waals surface area contributed by atoms with Crippen molar-refractivity contribution in [1.82, 2.24) is 0 Å². The smallest absolute Gasteiger partial charge is 0.262 e. The van der Waals surface area contributed by atoms with Gasteiger partial charge in [0.1, 0.15) is 17.2 Å². The Kier molecular flexibility index (Phi) is 6.82. The van der Waals surface area contributed by atoms with Crippen molar-refractivity contribution < 1.29 is 23.0 Å². The van der Waals surface area contributed by atoms with Gasteiger partial charge in [-0.25, -0.2) is 8.42 Å². The molecule has 0 amide bonds. The summed E-state index contributed by atoms with van der Waals surface area (Å²) in [5, 5.41) is 10.1. The van der Waals surface area contributed by atoms with Gasteiger partial charge in [0.25, 0.3) is 10.0 Å². The van der Waals surface area contributed by atoms with E-state index in [0.29, 0.717) is 23.3 Å². The molecule has 0 aromatic heterocycles. The molecule has 0 radical (unpaired) electrons. The third-order valence-corrected chi connectivity index (χ3v) is 6.40. The quantitative estimate of drug-likeness (QED) is 0.641. The molecule has 0 atom stereocenters. The van der Waals surface area contributed by atoms with E-state index in [1.54, 1.807) is 6.92 Å². The van der Waals surface area contributed by atoms with Crippen molar-refractivity contribution in [3.8, 4) is 17.2 Å². The summed E-state index contributed by atoms with van der Waals surface area (Å²) in [7, 11) is -1.08. The molecule has 0 saturated heterocycles. The molecule has 0 aliphatic rings. The molecular formula is C21H29NO5S. The van der Waals surface area contributed by atoms with Crippen molar-refractivity contribution in [2.24, 2.45) is 0 Å². The molecule has 0 heterocycles. The van der Waals surface area contributed by atoms with Gasteiger partial charge < -0.3 is 14.6 Å². The number of phenols is 1. The van der Waals surface area contributed by atoms with E-state index in [0.717, 1.165) is 23.1 Å². The van der Waals surface area contributed by atoms with Crippen molar-refractivity contribution in [2.45, 2.75) is 51.9 Å². The molecule has 0 aliphatic heterocycles. The lowest BCUT2D eigenvalue weighted by Gasteiger charge is -2.20. The number of anilines is 1. The van der Waals surface area contributed by atoms with Crippen LogP contribution in [0.4, 0.5) is 5.69 Å². The molecule has 154 valence electrons. The van der Waals surface area contributed by atoms with Gasteiger partial charge in [0.05, 0.1) is 19.1 Å². The van der Waals surface area contributed by atoms with Crippen LogP contribution in [0.25, 0.3) is 0 Å². The summed E-state index contributed by atoms with van der Waals surface area (Å²) in [5.41, 5.74) is 3.26. The summed E-state index contributed by atoms with van der Waals surface area (Å²) in [6, 6.07) is 5.27. The largest absolute Gasteiger partial charge is 0.507 e. The molecule has 28 heavy (non-hydrogen) atoms. The minimum atomic E-state index is -3.91. The van der Waals surface area contributed by atoms with Crippen LogP contribution in [0.2, 0.25) is 0 Å². The lowest BCUT2D eigenvalue weighted by molar-refractivity contribution is 0.385. The highest BCUT2D eigenvalue weighted by Crippen LogP contribution is 2.43. The first-order chi connectivity index (χ1) is 13.2. The Hall–Kier alpha value is -2.41. The molecule has 0 spiro atoms. The molecule has 7 heteroatoms. The SMILES string of the molecule is CCc1cc(CC)c(S(=O)(=O)Nc2c(OC)cc(O)c(C)c2OC)c(CC)c1. The zero-order chi connectivity index (χ0) is 21.1. The zero-order valence-corrected chi connectivity index (χ0v) is 18.2. The Morgan fingerprint density at radius 1 is 0.964 bits per heavy atom. The second kappa shape index (κ2) is 8.73. The Bertz CT molecular complexity index is 942. The van der Waals surface area contributed by atoms with Crippen LogP contribution in [0.1, 0.15) is 43.0 Å². The maximum absolute atomic E-state index is 13.4. The Morgan fingerprint density at radius 2 is 1.54 bits per heavy atom. The molecular weight excluding hydrogens is 378 g/mol. The van der Waals surface area contributed by atoms with Crippen molar-refractivity contribution in [3.05, 3.63) is 40.5 Å². The van der Waals surface area contributed by atoms with E-state index in [-0.39, 0.29) is 22.9 Å². The van der Waals surface area contributed by atoms with E-state index >= 15 is 0 Å². The third kappa shape index (κ3) is 4.04. The number of rotatable bonds is 8. The molecule has 2 rings (SSSR count). The maximum atomic E-state index is 13.4. The first-order valence-corrected chi connectivity index (χ1v) is 10.8. The highest BCUT2D eigenvalue weighted by atomic mass is 32.2. The van der Waals surface area contributed by atoms with Crippen molar-refractivity contribution in [3.63, 3.8) is 0 Å². The summed E-state index contributed by atoms with van der Waals surface area (Å²) < 4.78 is 40.1. The summed E-state index contributed by atoms with van der Waals surface area (Å²) in [6.45, 7) is 7.59. The molecule has 0 fully saturated rings. The molecule has 0 unspecified atom stereocenters. The fraction of sp³-hybridized carbons (Fsp3) is 0.429. The number of aryl methyl sites for hydroxylation is 3. The van der Waals surface area contributed by atoms with Crippen LogP contribution in [0.5, 0.6) is 17.2 Å². The highest BCUT2D eigenvalue weighted by molar-refractivity contribution is 7.92. The highest BCUT2D eigenvalue weighted by Gasteiger charge is 2.27. The van der Waals surface area contributed by atoms with E-state index in [9.17, 15) is 13.5 Å².